The molecule has 2 heterocycles. The first-order chi connectivity index (χ1) is 14.3. The molecule has 0 aliphatic heterocycles. The van der Waals surface area contributed by atoms with Gasteiger partial charge in [-0.15, -0.1) is 0 Å². The highest BCUT2D eigenvalue weighted by Crippen LogP contribution is 2.29. The van der Waals surface area contributed by atoms with Crippen molar-refractivity contribution in [2.75, 3.05) is 10.6 Å². The largest absolute Gasteiger partial charge is 0.480 e. The average Bonchev–Trinajstić information content (AvgIpc) is 2.72. The number of anilines is 2. The quantitative estimate of drug-likeness (QED) is 0.433. The minimum atomic E-state index is -1.02. The fourth-order valence-electron chi connectivity index (χ4n) is 2.61. The highest BCUT2D eigenvalue weighted by molar-refractivity contribution is 6.39. The Morgan fingerprint density at radius 3 is 2.20 bits per heavy atom. The molecule has 7 nitrogen and oxygen atoms in total. The topological polar surface area (TPSA) is 104 Å². The Balaban J connectivity index is 1.68. The maximum atomic E-state index is 12.5. The van der Waals surface area contributed by atoms with E-state index in [4.69, 9.17) is 34.8 Å². The monoisotopic (exact) mass is 464 g/mol. The zero-order valence-electron chi connectivity index (χ0n) is 15.3. The van der Waals surface area contributed by atoms with Gasteiger partial charge in [-0.05, 0) is 29.8 Å². The number of carbonyl (C=O) groups is 2. The van der Waals surface area contributed by atoms with Crippen LogP contribution in [0.5, 0.6) is 0 Å². The molecule has 1 amide bonds. The molecule has 10 heteroatoms. The molecule has 154 valence electrons. The van der Waals surface area contributed by atoms with Gasteiger partial charge in [-0.2, -0.15) is 0 Å². The summed E-state index contributed by atoms with van der Waals surface area (Å²) >= 11 is 17.8. The molecule has 0 aliphatic carbocycles. The van der Waals surface area contributed by atoms with Crippen LogP contribution in [0.15, 0.2) is 55.0 Å². The van der Waals surface area contributed by atoms with Gasteiger partial charge >= 0.3 is 5.97 Å². The number of nitrogens with zero attached hydrogens (tertiary/aromatic N) is 2. The molecular weight excluding hydrogens is 451 g/mol. The van der Waals surface area contributed by atoms with Crippen molar-refractivity contribution in [1.82, 2.24) is 9.97 Å². The normalized spacial score (nSPS) is 11.6. The Morgan fingerprint density at radius 1 is 0.967 bits per heavy atom. The number of carboxylic acid groups (broad SMARTS) is 1. The van der Waals surface area contributed by atoms with E-state index in [0.717, 1.165) is 5.56 Å². The molecule has 0 saturated carbocycles. The summed E-state index contributed by atoms with van der Waals surface area (Å²) in [5.41, 5.74) is 1.90. The molecule has 0 bridgehead atoms. The lowest BCUT2D eigenvalue weighted by Crippen LogP contribution is -2.31. The van der Waals surface area contributed by atoms with Crippen LogP contribution in [0, 0.1) is 0 Å². The lowest BCUT2D eigenvalue weighted by Gasteiger charge is -2.16. The van der Waals surface area contributed by atoms with Crippen LogP contribution in [-0.2, 0) is 11.2 Å². The fraction of sp³-hybridized carbons (Fsp3) is 0.100. The van der Waals surface area contributed by atoms with Crippen LogP contribution in [0.4, 0.5) is 11.4 Å². The zero-order chi connectivity index (χ0) is 21.7. The molecular formula is C20H15Cl3N4O3. The third-order valence-electron chi connectivity index (χ3n) is 4.11. The number of carboxylic acids is 1. The summed E-state index contributed by atoms with van der Waals surface area (Å²) in [7, 11) is 0. The second-order valence-electron chi connectivity index (χ2n) is 6.24. The number of pyridine rings is 2. The van der Waals surface area contributed by atoms with Gasteiger partial charge in [-0.3, -0.25) is 9.78 Å². The van der Waals surface area contributed by atoms with Crippen molar-refractivity contribution in [2.24, 2.45) is 0 Å². The standard InChI is InChI=1S/C20H15Cl3N4O3/c21-14-9-24-10-15(22)18(14)27-19(28)12-3-1-11(2-4-12)7-16(20(29)30)26-13-5-6-17(23)25-8-13/h1-6,8-10,16,26H,7H2,(H,29,30)(H,24,27,28). The molecule has 3 N–H and O–H groups in total. The highest BCUT2D eigenvalue weighted by Gasteiger charge is 2.19. The summed E-state index contributed by atoms with van der Waals surface area (Å²) in [6, 6.07) is 8.88. The van der Waals surface area contributed by atoms with E-state index in [-0.39, 0.29) is 22.2 Å². The molecule has 0 radical (unpaired) electrons. The Hall–Kier alpha value is -2.87. The first-order valence-electron chi connectivity index (χ1n) is 8.63. The number of hydrogen-bond acceptors (Lipinski definition) is 5. The summed E-state index contributed by atoms with van der Waals surface area (Å²) in [5.74, 6) is -1.43. The van der Waals surface area contributed by atoms with Crippen LogP contribution in [0.1, 0.15) is 15.9 Å². The van der Waals surface area contributed by atoms with Crippen LogP contribution in [0.3, 0.4) is 0 Å². The average molecular weight is 466 g/mol. The number of amides is 1. The van der Waals surface area contributed by atoms with Gasteiger partial charge in [0.2, 0.25) is 0 Å². The van der Waals surface area contributed by atoms with Gasteiger partial charge in [-0.1, -0.05) is 46.9 Å². The third kappa shape index (κ3) is 5.60. The number of hydrogen-bond donors (Lipinski definition) is 3. The molecule has 2 aromatic heterocycles. The number of aliphatic carboxylic acids is 1. The summed E-state index contributed by atoms with van der Waals surface area (Å²) in [4.78, 5) is 31.8. The van der Waals surface area contributed by atoms with Crippen LogP contribution < -0.4 is 10.6 Å². The van der Waals surface area contributed by atoms with E-state index in [9.17, 15) is 14.7 Å². The van der Waals surface area contributed by atoms with Gasteiger partial charge in [0, 0.05) is 24.4 Å². The molecule has 1 unspecified atom stereocenters. The van der Waals surface area contributed by atoms with Gasteiger partial charge in [-0.25, -0.2) is 9.78 Å². The first-order valence-corrected chi connectivity index (χ1v) is 9.77. The summed E-state index contributed by atoms with van der Waals surface area (Å²) < 4.78 is 0. The summed E-state index contributed by atoms with van der Waals surface area (Å²) in [6.45, 7) is 0. The predicted molar refractivity (Wildman–Crippen MR) is 117 cm³/mol. The Morgan fingerprint density at radius 2 is 1.63 bits per heavy atom. The second-order valence-corrected chi connectivity index (χ2v) is 7.44. The van der Waals surface area contributed by atoms with Crippen molar-refractivity contribution < 1.29 is 14.7 Å². The van der Waals surface area contributed by atoms with Gasteiger partial charge in [0.05, 0.1) is 27.6 Å². The molecule has 0 fully saturated rings. The Bertz CT molecular complexity index is 1040. The van der Waals surface area contributed by atoms with Crippen LogP contribution in [0.25, 0.3) is 0 Å². The van der Waals surface area contributed by atoms with Crippen LogP contribution >= 0.6 is 34.8 Å². The number of nitrogens with one attached hydrogen (secondary N) is 2. The number of aromatic nitrogens is 2. The molecule has 0 aliphatic rings. The van der Waals surface area contributed by atoms with E-state index in [1.165, 1.54) is 18.6 Å². The fourth-order valence-corrected chi connectivity index (χ4v) is 3.18. The van der Waals surface area contributed by atoms with Gasteiger partial charge in [0.1, 0.15) is 11.2 Å². The van der Waals surface area contributed by atoms with E-state index >= 15 is 0 Å². The van der Waals surface area contributed by atoms with Crippen LogP contribution in [-0.4, -0.2) is 33.0 Å². The minimum Gasteiger partial charge on any atom is -0.480 e. The molecule has 3 aromatic rings. The first kappa shape index (κ1) is 21.8. The minimum absolute atomic E-state index is 0.196. The van der Waals surface area contributed by atoms with Crippen molar-refractivity contribution >= 4 is 58.1 Å². The van der Waals surface area contributed by atoms with Crippen molar-refractivity contribution in [3.05, 3.63) is 81.3 Å². The smallest absolute Gasteiger partial charge is 0.326 e. The zero-order valence-corrected chi connectivity index (χ0v) is 17.5. The molecule has 3 rings (SSSR count). The van der Waals surface area contributed by atoms with E-state index in [0.29, 0.717) is 16.4 Å². The van der Waals surface area contributed by atoms with E-state index < -0.39 is 17.9 Å². The second kappa shape index (κ2) is 9.75. The SMILES string of the molecule is O=C(Nc1c(Cl)cncc1Cl)c1ccc(CC(Nc2ccc(Cl)nc2)C(=O)O)cc1. The Kier molecular flexibility index (Phi) is 7.10. The van der Waals surface area contributed by atoms with E-state index in [1.807, 2.05) is 0 Å². The molecule has 0 saturated heterocycles. The number of carbonyl (C=O) groups excluding carboxylic acids is 1. The Labute approximate surface area is 187 Å². The van der Waals surface area contributed by atoms with Gasteiger partial charge in [0.15, 0.2) is 0 Å². The summed E-state index contributed by atoms with van der Waals surface area (Å²) in [5, 5.41) is 15.8. The molecule has 1 aromatic carbocycles. The third-order valence-corrected chi connectivity index (χ3v) is 4.91. The van der Waals surface area contributed by atoms with Crippen molar-refractivity contribution in [3.8, 4) is 0 Å². The lowest BCUT2D eigenvalue weighted by molar-refractivity contribution is -0.137. The van der Waals surface area contributed by atoms with Crippen molar-refractivity contribution in [3.63, 3.8) is 0 Å². The van der Waals surface area contributed by atoms with Crippen LogP contribution in [0.2, 0.25) is 15.2 Å². The van der Waals surface area contributed by atoms with Crippen molar-refractivity contribution in [1.29, 1.82) is 0 Å². The predicted octanol–water partition coefficient (Wildman–Crippen LogP) is 4.80. The van der Waals surface area contributed by atoms with Gasteiger partial charge < -0.3 is 15.7 Å². The molecule has 1 atom stereocenters. The highest BCUT2D eigenvalue weighted by atomic mass is 35.5. The van der Waals surface area contributed by atoms with Gasteiger partial charge in [0.25, 0.3) is 5.91 Å². The van der Waals surface area contributed by atoms with E-state index in [1.54, 1.807) is 36.4 Å². The molecule has 0 spiro atoms. The van der Waals surface area contributed by atoms with E-state index in [2.05, 4.69) is 20.6 Å². The lowest BCUT2D eigenvalue weighted by atomic mass is 10.0. The molecule has 30 heavy (non-hydrogen) atoms. The maximum Gasteiger partial charge on any atom is 0.326 e. The maximum absolute atomic E-state index is 12.5. The number of halogens is 3. The number of benzene rings is 1. The number of rotatable bonds is 7. The summed E-state index contributed by atoms with van der Waals surface area (Å²) in [6.07, 6.45) is 4.41. The van der Waals surface area contributed by atoms with Crippen molar-refractivity contribution in [2.45, 2.75) is 12.5 Å².